The number of carbonyl (C=O) groups excluding carboxylic acids is 2. The molecule has 0 bridgehead atoms. The lowest BCUT2D eigenvalue weighted by molar-refractivity contribution is -0.117. The third-order valence-electron chi connectivity index (χ3n) is 8.40. The Morgan fingerprint density at radius 3 is 2.02 bits per heavy atom. The highest BCUT2D eigenvalue weighted by molar-refractivity contribution is 5.76. The van der Waals surface area contributed by atoms with E-state index >= 15 is 0 Å². The second-order valence-electron chi connectivity index (χ2n) is 11.6. The highest BCUT2D eigenvalue weighted by Crippen LogP contribution is 2.29. The molecule has 1 aliphatic rings. The Kier molecular flexibility index (Phi) is 11.6. The minimum absolute atomic E-state index is 0.198. The Balaban J connectivity index is 1.24. The van der Waals surface area contributed by atoms with Crippen LogP contribution >= 0.6 is 0 Å². The summed E-state index contributed by atoms with van der Waals surface area (Å²) in [5.74, 6) is 0.603. The van der Waals surface area contributed by atoms with Gasteiger partial charge in [0.05, 0.1) is 13.0 Å². The van der Waals surface area contributed by atoms with E-state index in [-0.39, 0.29) is 30.9 Å². The zero-order chi connectivity index (χ0) is 31.3. The van der Waals surface area contributed by atoms with Crippen LogP contribution in [0.25, 0.3) is 0 Å². The van der Waals surface area contributed by atoms with Crippen LogP contribution in [-0.4, -0.2) is 60.6 Å². The largest absolute Gasteiger partial charge is 0.494 e. The average molecular weight is 606 g/mol. The molecule has 1 saturated heterocycles. The fraction of sp³-hybridized carbons (Fsp3) is 0.316. The predicted octanol–water partition coefficient (Wildman–Crippen LogP) is 6.42. The molecule has 2 N–H and O–H groups in total. The zero-order valence-corrected chi connectivity index (χ0v) is 25.8. The second-order valence-corrected chi connectivity index (χ2v) is 11.6. The van der Waals surface area contributed by atoms with Crippen LogP contribution in [0.4, 0.5) is 4.79 Å². The van der Waals surface area contributed by atoms with Crippen molar-refractivity contribution in [3.8, 4) is 5.75 Å². The molecule has 1 aliphatic heterocycles. The summed E-state index contributed by atoms with van der Waals surface area (Å²) >= 11 is 0. The highest BCUT2D eigenvalue weighted by Gasteiger charge is 2.29. The van der Waals surface area contributed by atoms with Gasteiger partial charge in [0.1, 0.15) is 12.4 Å². The first-order chi connectivity index (χ1) is 22.0. The van der Waals surface area contributed by atoms with E-state index in [1.165, 1.54) is 11.1 Å². The molecule has 0 radical (unpaired) electrons. The Morgan fingerprint density at radius 1 is 0.800 bits per heavy atom. The van der Waals surface area contributed by atoms with Crippen LogP contribution in [0.5, 0.6) is 5.75 Å². The monoisotopic (exact) mass is 605 g/mol. The van der Waals surface area contributed by atoms with Crippen LogP contribution in [0.15, 0.2) is 115 Å². The number of likely N-dealkylation sites (tertiary alicyclic amines) is 1. The van der Waals surface area contributed by atoms with Crippen molar-refractivity contribution in [1.29, 1.82) is 0 Å². The Hall–Kier alpha value is -4.62. The van der Waals surface area contributed by atoms with Gasteiger partial charge in [0.2, 0.25) is 5.91 Å². The number of primary amides is 1. The number of amides is 2. The Labute approximate surface area is 266 Å². The smallest absolute Gasteiger partial charge is 0.410 e. The summed E-state index contributed by atoms with van der Waals surface area (Å²) in [6.07, 6.45) is 2.56. The van der Waals surface area contributed by atoms with Crippen molar-refractivity contribution < 1.29 is 19.1 Å². The van der Waals surface area contributed by atoms with E-state index < -0.39 is 0 Å². The van der Waals surface area contributed by atoms with Crippen molar-refractivity contribution in [1.82, 2.24) is 9.80 Å². The van der Waals surface area contributed by atoms with Gasteiger partial charge in [-0.1, -0.05) is 103 Å². The predicted molar refractivity (Wildman–Crippen MR) is 177 cm³/mol. The first-order valence-electron chi connectivity index (χ1n) is 15.8. The highest BCUT2D eigenvalue weighted by atomic mass is 16.6. The fourth-order valence-corrected chi connectivity index (χ4v) is 6.06. The van der Waals surface area contributed by atoms with Gasteiger partial charge >= 0.3 is 6.09 Å². The minimum atomic E-state index is -0.357. The summed E-state index contributed by atoms with van der Waals surface area (Å²) in [6, 6.07) is 39.1. The van der Waals surface area contributed by atoms with E-state index in [4.69, 9.17) is 15.2 Å². The second kappa shape index (κ2) is 16.5. The van der Waals surface area contributed by atoms with Crippen LogP contribution in [0.1, 0.15) is 47.4 Å². The molecule has 0 spiro atoms. The lowest BCUT2D eigenvalue weighted by Gasteiger charge is -2.40. The van der Waals surface area contributed by atoms with Gasteiger partial charge in [0.15, 0.2) is 0 Å². The van der Waals surface area contributed by atoms with Gasteiger partial charge in [-0.2, -0.15) is 0 Å². The van der Waals surface area contributed by atoms with E-state index in [1.54, 1.807) is 0 Å². The molecular weight excluding hydrogens is 562 g/mol. The number of piperidine rings is 1. The van der Waals surface area contributed by atoms with Crippen LogP contribution < -0.4 is 10.5 Å². The molecule has 5 rings (SSSR count). The number of ether oxygens (including phenoxy) is 2. The molecule has 1 fully saturated rings. The van der Waals surface area contributed by atoms with E-state index in [9.17, 15) is 9.59 Å². The van der Waals surface area contributed by atoms with Gasteiger partial charge in [-0.25, -0.2) is 4.79 Å². The molecule has 7 heteroatoms. The van der Waals surface area contributed by atoms with Crippen molar-refractivity contribution in [2.24, 2.45) is 5.73 Å². The summed E-state index contributed by atoms with van der Waals surface area (Å²) in [7, 11) is 0. The molecule has 7 nitrogen and oxygen atoms in total. The lowest BCUT2D eigenvalue weighted by atomic mass is 9.89. The van der Waals surface area contributed by atoms with Gasteiger partial charge in [0, 0.05) is 38.1 Å². The number of rotatable bonds is 14. The van der Waals surface area contributed by atoms with E-state index in [0.717, 1.165) is 49.2 Å². The molecule has 0 saturated carbocycles. The maximum Gasteiger partial charge on any atom is 0.410 e. The maximum absolute atomic E-state index is 12.9. The van der Waals surface area contributed by atoms with E-state index in [0.29, 0.717) is 25.7 Å². The van der Waals surface area contributed by atoms with Crippen LogP contribution in [0, 0.1) is 0 Å². The summed E-state index contributed by atoms with van der Waals surface area (Å²) in [4.78, 5) is 28.7. The van der Waals surface area contributed by atoms with Gasteiger partial charge in [-0.05, 0) is 53.6 Å². The number of nitrogens with zero attached hydrogens (tertiary/aromatic N) is 2. The summed E-state index contributed by atoms with van der Waals surface area (Å²) in [5, 5.41) is 0. The molecule has 0 unspecified atom stereocenters. The molecule has 0 aliphatic carbocycles. The molecule has 0 aromatic heterocycles. The van der Waals surface area contributed by atoms with Gasteiger partial charge < -0.3 is 20.1 Å². The van der Waals surface area contributed by atoms with Crippen LogP contribution in [0.2, 0.25) is 0 Å². The summed E-state index contributed by atoms with van der Waals surface area (Å²) < 4.78 is 11.7. The minimum Gasteiger partial charge on any atom is -0.494 e. The van der Waals surface area contributed by atoms with Crippen molar-refractivity contribution in [3.05, 3.63) is 138 Å². The van der Waals surface area contributed by atoms with Gasteiger partial charge in [-0.15, -0.1) is 0 Å². The molecule has 0 atom stereocenters. The standard InChI is InChI=1S/C38H43N3O4/c39-37(42)27-31-14-10-19-35(26-31)44-25-11-22-41(28-36(32-15-6-2-7-16-32)33-17-8-3-9-18-33)34-20-23-40(24-21-34)38(43)45-29-30-12-4-1-5-13-30/h1-10,12-19,26,34,36H,11,20-25,27-29H2,(H2,39,42). The van der Waals surface area contributed by atoms with Crippen LogP contribution in [0.3, 0.4) is 0 Å². The normalized spacial score (nSPS) is 13.6. The van der Waals surface area contributed by atoms with Crippen molar-refractivity contribution in [3.63, 3.8) is 0 Å². The number of hydrogen-bond acceptors (Lipinski definition) is 5. The lowest BCUT2D eigenvalue weighted by Crippen LogP contribution is -2.48. The maximum atomic E-state index is 12.9. The topological polar surface area (TPSA) is 85.1 Å². The first-order valence-corrected chi connectivity index (χ1v) is 15.8. The Morgan fingerprint density at radius 2 is 1.40 bits per heavy atom. The molecule has 1 heterocycles. The third kappa shape index (κ3) is 9.68. The van der Waals surface area contributed by atoms with Gasteiger partial charge in [-0.3, -0.25) is 9.69 Å². The third-order valence-corrected chi connectivity index (χ3v) is 8.40. The molecule has 4 aromatic rings. The van der Waals surface area contributed by atoms with Crippen molar-refractivity contribution in [2.45, 2.75) is 44.2 Å². The summed E-state index contributed by atoms with van der Waals surface area (Å²) in [5.41, 5.74) is 9.79. The molecule has 4 aromatic carbocycles. The molecule has 2 amide bonds. The molecule has 45 heavy (non-hydrogen) atoms. The number of benzene rings is 4. The van der Waals surface area contributed by atoms with Crippen LogP contribution in [-0.2, 0) is 22.6 Å². The molecular formula is C38H43N3O4. The first kappa shape index (κ1) is 31.8. The summed E-state index contributed by atoms with van der Waals surface area (Å²) in [6.45, 7) is 3.90. The number of nitrogens with two attached hydrogens (primary N) is 1. The number of hydrogen-bond donors (Lipinski definition) is 1. The average Bonchev–Trinajstić information content (AvgIpc) is 3.08. The Bertz CT molecular complexity index is 1440. The van der Waals surface area contributed by atoms with Crippen molar-refractivity contribution >= 4 is 12.0 Å². The van der Waals surface area contributed by atoms with Gasteiger partial charge in [0.25, 0.3) is 0 Å². The fourth-order valence-electron chi connectivity index (χ4n) is 6.06. The molecule has 234 valence electrons. The number of carbonyl (C=O) groups is 2. The quantitative estimate of drug-likeness (QED) is 0.168. The van der Waals surface area contributed by atoms with Crippen molar-refractivity contribution in [2.75, 3.05) is 32.8 Å². The SMILES string of the molecule is NC(=O)Cc1cccc(OCCCN(CC(c2ccccc2)c2ccccc2)C2CCN(C(=O)OCc3ccccc3)CC2)c1. The zero-order valence-electron chi connectivity index (χ0n) is 25.8. The van der Waals surface area contributed by atoms with E-state index in [1.807, 2.05) is 59.5 Å². The van der Waals surface area contributed by atoms with E-state index in [2.05, 4.69) is 65.6 Å².